The van der Waals surface area contributed by atoms with Gasteiger partial charge in [-0.3, -0.25) is 9.59 Å². The summed E-state index contributed by atoms with van der Waals surface area (Å²) in [7, 11) is 1.49. The van der Waals surface area contributed by atoms with Crippen LogP contribution in [0.3, 0.4) is 0 Å². The Kier molecular flexibility index (Phi) is 5.35. The quantitative estimate of drug-likeness (QED) is 0.591. The second-order valence-corrected chi connectivity index (χ2v) is 3.25. The van der Waals surface area contributed by atoms with E-state index in [9.17, 15) is 9.59 Å². The molecule has 0 spiro atoms. The number of aromatic nitrogens is 1. The van der Waals surface area contributed by atoms with Gasteiger partial charge in [-0.25, -0.2) is 4.98 Å². The summed E-state index contributed by atoms with van der Waals surface area (Å²) in [4.78, 5) is 26.4. The summed E-state index contributed by atoms with van der Waals surface area (Å²) in [5.74, 6) is 4.42. The van der Waals surface area contributed by atoms with Crippen LogP contribution in [0.1, 0.15) is 16.1 Å². The number of pyridine rings is 1. The number of nitrogens with one attached hydrogen (secondary N) is 2. The third kappa shape index (κ3) is 4.23. The van der Waals surface area contributed by atoms with Crippen molar-refractivity contribution in [1.29, 1.82) is 0 Å². The summed E-state index contributed by atoms with van der Waals surface area (Å²) in [5, 5.41) is 13.3. The van der Waals surface area contributed by atoms with Crippen molar-refractivity contribution in [1.82, 2.24) is 15.6 Å². The first-order valence-electron chi connectivity index (χ1n) is 5.22. The zero-order chi connectivity index (χ0) is 13.4. The Bertz CT molecular complexity index is 486. The second-order valence-electron chi connectivity index (χ2n) is 3.25. The fraction of sp³-hybridized carbons (Fsp3) is 0.250. The van der Waals surface area contributed by atoms with Gasteiger partial charge in [0.1, 0.15) is 12.3 Å². The molecule has 0 aliphatic heterocycles. The van der Waals surface area contributed by atoms with E-state index < -0.39 is 5.91 Å². The van der Waals surface area contributed by atoms with Crippen LogP contribution in [0.2, 0.25) is 0 Å². The lowest BCUT2D eigenvalue weighted by Crippen LogP contribution is -2.35. The molecule has 0 aromatic carbocycles. The van der Waals surface area contributed by atoms with E-state index in [-0.39, 0.29) is 24.8 Å². The predicted molar refractivity (Wildman–Crippen MR) is 64.6 cm³/mol. The molecule has 1 aromatic rings. The van der Waals surface area contributed by atoms with Crippen molar-refractivity contribution in [3.8, 4) is 11.8 Å². The highest BCUT2D eigenvalue weighted by atomic mass is 16.2. The minimum Gasteiger partial charge on any atom is -0.384 e. The number of carbonyl (C=O) groups excluding carboxylic acids is 2. The van der Waals surface area contributed by atoms with Crippen LogP contribution in [0.4, 0.5) is 0 Å². The van der Waals surface area contributed by atoms with Gasteiger partial charge in [-0.05, 0) is 12.1 Å². The molecule has 6 nitrogen and oxygen atoms in total. The Morgan fingerprint density at radius 2 is 2.22 bits per heavy atom. The number of nitrogens with zero attached hydrogens (tertiary/aromatic N) is 1. The monoisotopic (exact) mass is 247 g/mol. The summed E-state index contributed by atoms with van der Waals surface area (Å²) in [5.41, 5.74) is 0.806. The summed E-state index contributed by atoms with van der Waals surface area (Å²) in [6.45, 7) is -0.322. The zero-order valence-electron chi connectivity index (χ0n) is 9.86. The third-order valence-electron chi connectivity index (χ3n) is 2.00. The number of aliphatic hydroxyl groups excluding tert-OH is 1. The van der Waals surface area contributed by atoms with E-state index in [0.29, 0.717) is 5.56 Å². The molecule has 2 amide bonds. The minimum atomic E-state index is -0.430. The van der Waals surface area contributed by atoms with Crippen molar-refractivity contribution in [3.63, 3.8) is 0 Å². The largest absolute Gasteiger partial charge is 0.384 e. The van der Waals surface area contributed by atoms with Gasteiger partial charge < -0.3 is 15.7 Å². The number of aliphatic hydroxyl groups is 1. The van der Waals surface area contributed by atoms with E-state index in [1.807, 2.05) is 0 Å². The molecule has 0 fully saturated rings. The van der Waals surface area contributed by atoms with Crippen molar-refractivity contribution in [2.45, 2.75) is 0 Å². The van der Waals surface area contributed by atoms with E-state index in [0.717, 1.165) is 0 Å². The smallest absolute Gasteiger partial charge is 0.270 e. The van der Waals surface area contributed by atoms with Gasteiger partial charge in [0, 0.05) is 18.8 Å². The molecule has 0 atom stereocenters. The van der Waals surface area contributed by atoms with Crippen LogP contribution >= 0.6 is 0 Å². The summed E-state index contributed by atoms with van der Waals surface area (Å²) < 4.78 is 0. The fourth-order valence-electron chi connectivity index (χ4n) is 1.08. The van der Waals surface area contributed by atoms with Gasteiger partial charge in [0.2, 0.25) is 5.91 Å². The topological polar surface area (TPSA) is 91.3 Å². The molecule has 0 unspecified atom stereocenters. The Morgan fingerprint density at radius 1 is 1.44 bits per heavy atom. The molecule has 1 heterocycles. The first-order chi connectivity index (χ1) is 8.67. The highest BCUT2D eigenvalue weighted by Crippen LogP contribution is 1.98. The van der Waals surface area contributed by atoms with Gasteiger partial charge in [-0.2, -0.15) is 0 Å². The third-order valence-corrected chi connectivity index (χ3v) is 2.00. The van der Waals surface area contributed by atoms with Gasteiger partial charge in [-0.1, -0.05) is 11.8 Å². The van der Waals surface area contributed by atoms with E-state index in [1.165, 1.54) is 19.3 Å². The van der Waals surface area contributed by atoms with E-state index in [1.54, 1.807) is 6.07 Å². The lowest BCUT2D eigenvalue weighted by atomic mass is 10.2. The van der Waals surface area contributed by atoms with Crippen molar-refractivity contribution in [2.75, 3.05) is 20.2 Å². The maximum atomic E-state index is 11.6. The molecule has 6 heteroatoms. The molecule has 0 radical (unpaired) electrons. The van der Waals surface area contributed by atoms with Crippen molar-refractivity contribution in [2.24, 2.45) is 0 Å². The Morgan fingerprint density at radius 3 is 2.78 bits per heavy atom. The molecule has 1 aromatic heterocycles. The highest BCUT2D eigenvalue weighted by molar-refractivity contribution is 5.94. The summed E-state index contributed by atoms with van der Waals surface area (Å²) >= 11 is 0. The van der Waals surface area contributed by atoms with Crippen molar-refractivity contribution < 1.29 is 14.7 Å². The fourth-order valence-corrected chi connectivity index (χ4v) is 1.08. The summed E-state index contributed by atoms with van der Waals surface area (Å²) in [6, 6.07) is 3.12. The average molecular weight is 247 g/mol. The van der Waals surface area contributed by atoms with Crippen LogP contribution < -0.4 is 10.6 Å². The maximum Gasteiger partial charge on any atom is 0.270 e. The Labute approximate surface area is 104 Å². The number of hydrogen-bond acceptors (Lipinski definition) is 4. The van der Waals surface area contributed by atoms with Crippen LogP contribution in [0, 0.1) is 11.8 Å². The van der Waals surface area contributed by atoms with E-state index in [2.05, 4.69) is 27.5 Å². The lowest BCUT2D eigenvalue weighted by Gasteiger charge is -2.03. The van der Waals surface area contributed by atoms with E-state index >= 15 is 0 Å². The molecule has 0 saturated heterocycles. The van der Waals surface area contributed by atoms with Gasteiger partial charge in [0.05, 0.1) is 6.54 Å². The molecular weight excluding hydrogens is 234 g/mol. The maximum absolute atomic E-state index is 11.6. The molecular formula is C12H13N3O3. The summed E-state index contributed by atoms with van der Waals surface area (Å²) in [6.07, 6.45) is 1.43. The first kappa shape index (κ1) is 13.7. The average Bonchev–Trinajstić information content (AvgIpc) is 2.42. The van der Waals surface area contributed by atoms with Crippen molar-refractivity contribution >= 4 is 11.8 Å². The predicted octanol–water partition coefficient (Wildman–Crippen LogP) is -1.10. The molecule has 0 saturated carbocycles. The molecule has 0 aliphatic rings. The van der Waals surface area contributed by atoms with Gasteiger partial charge >= 0.3 is 0 Å². The van der Waals surface area contributed by atoms with Gasteiger partial charge in [0.25, 0.3) is 5.91 Å². The van der Waals surface area contributed by atoms with Crippen molar-refractivity contribution in [3.05, 3.63) is 29.6 Å². The van der Waals surface area contributed by atoms with E-state index in [4.69, 9.17) is 5.11 Å². The highest BCUT2D eigenvalue weighted by Gasteiger charge is 2.07. The van der Waals surface area contributed by atoms with Crippen LogP contribution in [-0.4, -0.2) is 42.1 Å². The molecule has 18 heavy (non-hydrogen) atoms. The number of amides is 2. The number of carbonyl (C=O) groups is 2. The second kappa shape index (κ2) is 7.04. The normalized spacial score (nSPS) is 9.00. The zero-order valence-corrected chi connectivity index (χ0v) is 9.86. The van der Waals surface area contributed by atoms with Crippen LogP contribution in [0.25, 0.3) is 0 Å². The number of likely N-dealkylation sites (N-methyl/N-ethyl adjacent to an activating group) is 1. The molecule has 94 valence electrons. The lowest BCUT2D eigenvalue weighted by molar-refractivity contribution is -0.119. The van der Waals surface area contributed by atoms with Crippen LogP contribution in [0.5, 0.6) is 0 Å². The molecule has 0 bridgehead atoms. The number of rotatable bonds is 3. The van der Waals surface area contributed by atoms with Crippen LogP contribution in [-0.2, 0) is 4.79 Å². The number of hydrogen-bond donors (Lipinski definition) is 3. The van der Waals surface area contributed by atoms with Crippen LogP contribution in [0.15, 0.2) is 18.3 Å². The van der Waals surface area contributed by atoms with Gasteiger partial charge in [-0.15, -0.1) is 0 Å². The Balaban J connectivity index is 2.62. The molecule has 3 N–H and O–H groups in total. The Hall–Kier alpha value is -2.39. The molecule has 0 aliphatic carbocycles. The minimum absolute atomic E-state index is 0.0942. The standard InChI is InChI=1S/C12H13N3O3/c1-13-11(17)8-15-12(18)10-5-4-9(7-14-10)3-2-6-16/h4-5,7,16H,6,8H2,1H3,(H,13,17)(H,15,18). The molecule has 1 rings (SSSR count). The van der Waals surface area contributed by atoms with Gasteiger partial charge in [0.15, 0.2) is 0 Å². The SMILES string of the molecule is CNC(=O)CNC(=O)c1ccc(C#CCO)cn1. The first-order valence-corrected chi connectivity index (χ1v) is 5.22.